The lowest BCUT2D eigenvalue weighted by atomic mass is 9.33. The van der Waals surface area contributed by atoms with Crippen LogP contribution < -0.4 is 26.2 Å². The molecule has 13 aromatic carbocycles. The van der Waals surface area contributed by atoms with E-state index in [4.69, 9.17) is 0 Å². The van der Waals surface area contributed by atoms with E-state index in [0.717, 1.165) is 136 Å². The van der Waals surface area contributed by atoms with Crippen LogP contribution in [0.1, 0.15) is 5.56 Å². The lowest BCUT2D eigenvalue weighted by Crippen LogP contribution is -2.61. The van der Waals surface area contributed by atoms with E-state index in [-0.39, 0.29) is 17.8 Å². The molecule has 0 spiro atoms. The molecular formula is C79H49BF5N3. The average molecular weight is 1150 g/mol. The Morgan fingerprint density at radius 1 is 0.284 bits per heavy atom. The topological polar surface area (TPSA) is 11.4 Å². The fraction of sp³-hybridized carbons (Fsp3) is 0.0127. The molecule has 16 rings (SSSR count). The van der Waals surface area contributed by atoms with Crippen molar-refractivity contribution in [1.29, 1.82) is 0 Å². The van der Waals surface area contributed by atoms with Crippen molar-refractivity contribution >= 4 is 79.0 Å². The van der Waals surface area contributed by atoms with Gasteiger partial charge in [0.25, 0.3) is 6.71 Å². The smallest absolute Gasteiger partial charge is 0.311 e. The molecule has 0 aliphatic carbocycles. The van der Waals surface area contributed by atoms with Crippen LogP contribution in [0, 0.1) is 11.6 Å². The standard InChI is InChI=1S/C79H49BF5N3/c81-62-39-60(40-63(82)49-62)67-48-61(79(83,84)85)34-36-72(67)88-71-30-16-13-27-66(71)68-45-54(33-35-73(68)88)59-46-76-78-77(47-59)87(65-43-57(52-23-9-3-10-24-52)38-58(44-65)53-25-11-4-12-26-53)75-32-18-15-29-70(75)80(78)69-28-14-17-31-74(69)86(76)64-41-55(50-19-5-1-6-20-50)37-56(42-64)51-21-7-2-8-22-51/h1-49H. The van der Waals surface area contributed by atoms with Gasteiger partial charge in [-0.15, -0.1) is 0 Å². The van der Waals surface area contributed by atoms with Crippen LogP contribution >= 0.6 is 0 Å². The molecule has 0 unspecified atom stereocenters. The summed E-state index contributed by atoms with van der Waals surface area (Å²) < 4.78 is 75.8. The molecule has 1 aromatic heterocycles. The highest BCUT2D eigenvalue weighted by Crippen LogP contribution is 2.50. The van der Waals surface area contributed by atoms with Gasteiger partial charge in [-0.1, -0.05) is 182 Å². The summed E-state index contributed by atoms with van der Waals surface area (Å²) in [4.78, 5) is 4.89. The van der Waals surface area contributed by atoms with Gasteiger partial charge in [0.15, 0.2) is 0 Å². The van der Waals surface area contributed by atoms with Crippen LogP contribution in [0.25, 0.3) is 94.3 Å². The summed E-state index contributed by atoms with van der Waals surface area (Å²) in [7, 11) is 0. The maximum atomic E-state index is 15.1. The molecule has 3 nitrogen and oxygen atoms in total. The first-order valence-electron chi connectivity index (χ1n) is 29.3. The molecule has 418 valence electrons. The first-order valence-corrected chi connectivity index (χ1v) is 29.3. The van der Waals surface area contributed by atoms with Crippen LogP contribution in [0.4, 0.5) is 56.1 Å². The molecular weight excluding hydrogens is 1100 g/mol. The third kappa shape index (κ3) is 8.96. The molecule has 0 atom stereocenters. The molecule has 0 N–H and O–H groups in total. The maximum Gasteiger partial charge on any atom is 0.416 e. The van der Waals surface area contributed by atoms with E-state index < -0.39 is 23.4 Å². The summed E-state index contributed by atoms with van der Waals surface area (Å²) in [5, 5.41) is 1.68. The lowest BCUT2D eigenvalue weighted by molar-refractivity contribution is -0.137. The Hall–Kier alpha value is -11.0. The zero-order valence-electron chi connectivity index (χ0n) is 47.1. The van der Waals surface area contributed by atoms with Crippen LogP contribution in [-0.2, 0) is 6.18 Å². The van der Waals surface area contributed by atoms with E-state index in [9.17, 15) is 13.2 Å². The summed E-state index contributed by atoms with van der Waals surface area (Å²) in [6.07, 6.45) is -4.72. The van der Waals surface area contributed by atoms with Gasteiger partial charge in [-0.25, -0.2) is 8.78 Å². The van der Waals surface area contributed by atoms with Crippen LogP contribution in [-0.4, -0.2) is 11.3 Å². The summed E-state index contributed by atoms with van der Waals surface area (Å²) in [6.45, 7) is -0.180. The van der Waals surface area contributed by atoms with Crippen molar-refractivity contribution in [3.8, 4) is 72.4 Å². The van der Waals surface area contributed by atoms with E-state index in [1.807, 2.05) is 59.2 Å². The van der Waals surface area contributed by atoms with Crippen molar-refractivity contribution < 1.29 is 22.0 Å². The predicted molar refractivity (Wildman–Crippen MR) is 352 cm³/mol. The Kier molecular flexibility index (Phi) is 12.5. The molecule has 0 amide bonds. The first kappa shape index (κ1) is 52.5. The molecule has 88 heavy (non-hydrogen) atoms. The number of benzene rings is 13. The second-order valence-corrected chi connectivity index (χ2v) is 22.6. The van der Waals surface area contributed by atoms with Gasteiger partial charge in [-0.3, -0.25) is 0 Å². The summed E-state index contributed by atoms with van der Waals surface area (Å²) in [6, 6.07) is 98.3. The highest BCUT2D eigenvalue weighted by atomic mass is 19.4. The van der Waals surface area contributed by atoms with Gasteiger partial charge in [0.2, 0.25) is 0 Å². The van der Waals surface area contributed by atoms with Crippen molar-refractivity contribution in [1.82, 2.24) is 4.57 Å². The first-order chi connectivity index (χ1) is 43.1. The predicted octanol–water partition coefficient (Wildman–Crippen LogP) is 20.2. The molecule has 2 aliphatic heterocycles. The molecule has 14 aromatic rings. The van der Waals surface area contributed by atoms with Gasteiger partial charge in [0.05, 0.1) is 22.3 Å². The van der Waals surface area contributed by atoms with Crippen molar-refractivity contribution in [3.63, 3.8) is 0 Å². The number of para-hydroxylation sites is 3. The van der Waals surface area contributed by atoms with E-state index in [0.29, 0.717) is 16.7 Å². The molecule has 2 aliphatic rings. The Bertz CT molecular complexity index is 4730. The van der Waals surface area contributed by atoms with Gasteiger partial charge in [-0.2, -0.15) is 13.2 Å². The van der Waals surface area contributed by atoms with Crippen LogP contribution in [0.15, 0.2) is 297 Å². The lowest BCUT2D eigenvalue weighted by Gasteiger charge is -2.44. The number of alkyl halides is 3. The molecule has 0 bridgehead atoms. The van der Waals surface area contributed by atoms with Gasteiger partial charge in [0, 0.05) is 56.5 Å². The van der Waals surface area contributed by atoms with Gasteiger partial charge >= 0.3 is 6.18 Å². The number of fused-ring (bicyclic) bond motifs is 7. The van der Waals surface area contributed by atoms with Gasteiger partial charge in [-0.05, 0) is 187 Å². The van der Waals surface area contributed by atoms with Crippen LogP contribution in [0.2, 0.25) is 0 Å². The van der Waals surface area contributed by atoms with Crippen molar-refractivity contribution in [2.24, 2.45) is 0 Å². The zero-order valence-corrected chi connectivity index (χ0v) is 47.1. The maximum absolute atomic E-state index is 15.1. The Morgan fingerprint density at radius 2 is 0.716 bits per heavy atom. The van der Waals surface area contributed by atoms with Crippen molar-refractivity contribution in [2.75, 3.05) is 9.80 Å². The zero-order chi connectivity index (χ0) is 59.2. The Morgan fingerprint density at radius 3 is 1.20 bits per heavy atom. The molecule has 0 saturated heterocycles. The molecule has 3 heterocycles. The van der Waals surface area contributed by atoms with Crippen LogP contribution in [0.3, 0.4) is 0 Å². The molecule has 0 fully saturated rings. The fourth-order valence-corrected chi connectivity index (χ4v) is 13.5. The minimum absolute atomic E-state index is 0.0184. The quantitative estimate of drug-likeness (QED) is 0.105. The summed E-state index contributed by atoms with van der Waals surface area (Å²) >= 11 is 0. The number of nitrogens with zero attached hydrogens (tertiary/aromatic N) is 3. The number of hydrogen-bond acceptors (Lipinski definition) is 2. The van der Waals surface area contributed by atoms with Gasteiger partial charge < -0.3 is 14.4 Å². The van der Waals surface area contributed by atoms with E-state index >= 15 is 8.78 Å². The largest absolute Gasteiger partial charge is 0.416 e. The molecule has 0 saturated carbocycles. The number of halogens is 5. The number of anilines is 6. The third-order valence-corrected chi connectivity index (χ3v) is 17.4. The van der Waals surface area contributed by atoms with E-state index in [1.165, 1.54) is 17.0 Å². The van der Waals surface area contributed by atoms with Gasteiger partial charge in [0.1, 0.15) is 11.6 Å². The number of rotatable bonds is 9. The van der Waals surface area contributed by atoms with Crippen LogP contribution in [0.5, 0.6) is 0 Å². The second-order valence-electron chi connectivity index (χ2n) is 22.6. The minimum Gasteiger partial charge on any atom is -0.311 e. The number of hydrogen-bond donors (Lipinski definition) is 0. The normalized spacial score (nSPS) is 12.5. The van der Waals surface area contributed by atoms with E-state index in [2.05, 4.69) is 216 Å². The van der Waals surface area contributed by atoms with E-state index in [1.54, 1.807) is 0 Å². The second kappa shape index (κ2) is 20.9. The summed E-state index contributed by atoms with van der Waals surface area (Å²) in [5.74, 6) is -1.79. The Balaban J connectivity index is 0.986. The fourth-order valence-electron chi connectivity index (χ4n) is 13.5. The third-order valence-electron chi connectivity index (χ3n) is 17.4. The molecule has 9 heteroatoms. The summed E-state index contributed by atoms with van der Waals surface area (Å²) in [5.41, 5.74) is 20.8. The average Bonchev–Trinajstić information content (AvgIpc) is 0.754. The minimum atomic E-state index is -4.72. The Labute approximate surface area is 505 Å². The highest BCUT2D eigenvalue weighted by Gasteiger charge is 2.44. The van der Waals surface area contributed by atoms with Crippen molar-refractivity contribution in [3.05, 3.63) is 314 Å². The monoisotopic (exact) mass is 1150 g/mol. The van der Waals surface area contributed by atoms with Crippen molar-refractivity contribution in [2.45, 2.75) is 6.18 Å². The SMILES string of the molecule is Fc1cc(F)cc(-c2cc(C(F)(F)F)ccc2-n2c3ccccc3c3cc(-c4cc5c6c(c4)N(c4cc(-c7ccccc7)cc(-c7ccccc7)c4)c4ccccc4B6c4ccccc4N5c4cc(-c5ccccc5)cc(-c5ccccc5)c4)ccc32)c1. The highest BCUT2D eigenvalue weighted by molar-refractivity contribution is 7.00. The number of aromatic nitrogens is 1. The molecule has 0 radical (unpaired) electrons.